The maximum Gasteiger partial charge on any atom is 0.246 e. The number of hydrogen-bond acceptors (Lipinski definition) is 5. The highest BCUT2D eigenvalue weighted by molar-refractivity contribution is 7.92. The Hall–Kier alpha value is -1.32. The van der Waals surface area contributed by atoms with Crippen molar-refractivity contribution in [3.05, 3.63) is 18.2 Å². The molecule has 0 bridgehead atoms. The first kappa shape index (κ1) is 20.4. The summed E-state index contributed by atoms with van der Waals surface area (Å²) in [5.41, 5.74) is 0.382. The number of anilines is 1. The van der Waals surface area contributed by atoms with Crippen LogP contribution in [0.2, 0.25) is 0 Å². The molecule has 0 radical (unpaired) electrons. The molecule has 3 rings (SSSR count). The van der Waals surface area contributed by atoms with E-state index in [4.69, 9.17) is 4.74 Å². The average Bonchev–Trinajstić information content (AvgIpc) is 2.60. The predicted octanol–water partition coefficient (Wildman–Crippen LogP) is 2.29. The Morgan fingerprint density at radius 2 is 1.78 bits per heavy atom. The summed E-state index contributed by atoms with van der Waals surface area (Å²) < 4.78 is 59.6. The van der Waals surface area contributed by atoms with Gasteiger partial charge in [0.1, 0.15) is 10.6 Å². The summed E-state index contributed by atoms with van der Waals surface area (Å²) in [4.78, 5) is 0.0320. The zero-order valence-corrected chi connectivity index (χ0v) is 17.7. The highest BCUT2D eigenvalue weighted by atomic mass is 32.2. The second-order valence-corrected chi connectivity index (χ2v) is 11.6. The summed E-state index contributed by atoms with van der Waals surface area (Å²) in [5.74, 6) is 0.877. The van der Waals surface area contributed by atoms with Crippen LogP contribution in [0.1, 0.15) is 33.1 Å². The van der Waals surface area contributed by atoms with Gasteiger partial charge >= 0.3 is 0 Å². The molecular weight excluding hydrogens is 388 g/mol. The van der Waals surface area contributed by atoms with Gasteiger partial charge in [-0.2, -0.15) is 4.31 Å². The molecule has 152 valence electrons. The van der Waals surface area contributed by atoms with Crippen LogP contribution in [-0.2, 0) is 20.0 Å². The third-order valence-electron chi connectivity index (χ3n) is 5.24. The highest BCUT2D eigenvalue weighted by Gasteiger charge is 2.35. The van der Waals surface area contributed by atoms with Crippen molar-refractivity contribution in [3.8, 4) is 5.75 Å². The van der Waals surface area contributed by atoms with Gasteiger partial charge in [0.15, 0.2) is 0 Å². The summed E-state index contributed by atoms with van der Waals surface area (Å²) in [7, 11) is -5.78. The first-order valence-corrected chi connectivity index (χ1v) is 12.4. The zero-order chi connectivity index (χ0) is 19.8. The quantitative estimate of drug-likeness (QED) is 0.752. The molecule has 1 aromatic rings. The highest BCUT2D eigenvalue weighted by Crippen LogP contribution is 2.35. The molecule has 0 amide bonds. The number of hydrogen-bond donors (Lipinski definition) is 0. The van der Waals surface area contributed by atoms with Crippen molar-refractivity contribution in [1.82, 2.24) is 4.31 Å². The Balaban J connectivity index is 2.03. The van der Waals surface area contributed by atoms with E-state index in [1.807, 2.05) is 13.8 Å². The average molecular weight is 417 g/mol. The summed E-state index contributed by atoms with van der Waals surface area (Å²) in [6.45, 7) is 5.38. The fraction of sp³-hybridized carbons (Fsp3) is 0.667. The molecule has 1 aromatic carbocycles. The van der Waals surface area contributed by atoms with E-state index in [9.17, 15) is 16.8 Å². The number of methoxy groups -OCH3 is 1. The first-order valence-electron chi connectivity index (χ1n) is 9.34. The van der Waals surface area contributed by atoms with Crippen molar-refractivity contribution >= 4 is 25.7 Å². The SMILES string of the molecule is COc1ccc(N2CCCCS2(=O)=O)cc1S(=O)(=O)N1C[C@H](C)C[C@H](C)C1. The maximum atomic E-state index is 13.3. The van der Waals surface area contributed by atoms with Crippen LogP contribution in [0.4, 0.5) is 5.69 Å². The normalized spacial score (nSPS) is 26.7. The van der Waals surface area contributed by atoms with E-state index in [1.54, 1.807) is 12.1 Å². The van der Waals surface area contributed by atoms with Gasteiger partial charge in [0.2, 0.25) is 20.0 Å². The summed E-state index contributed by atoms with van der Waals surface area (Å²) in [5, 5.41) is 0. The number of benzene rings is 1. The summed E-state index contributed by atoms with van der Waals surface area (Å²) in [6.07, 6.45) is 2.38. The zero-order valence-electron chi connectivity index (χ0n) is 16.1. The molecule has 0 unspecified atom stereocenters. The van der Waals surface area contributed by atoms with Gasteiger partial charge in [0.05, 0.1) is 18.6 Å². The van der Waals surface area contributed by atoms with Gasteiger partial charge in [-0.05, 0) is 49.3 Å². The van der Waals surface area contributed by atoms with Crippen LogP contribution in [0.5, 0.6) is 5.75 Å². The van der Waals surface area contributed by atoms with Gasteiger partial charge in [-0.25, -0.2) is 16.8 Å². The van der Waals surface area contributed by atoms with Crippen LogP contribution < -0.4 is 9.04 Å². The van der Waals surface area contributed by atoms with E-state index in [2.05, 4.69) is 0 Å². The third-order valence-corrected chi connectivity index (χ3v) is 8.96. The minimum absolute atomic E-state index is 0.0320. The predicted molar refractivity (Wildman–Crippen MR) is 105 cm³/mol. The molecule has 0 N–H and O–H groups in total. The molecule has 27 heavy (non-hydrogen) atoms. The molecule has 2 aliphatic rings. The Morgan fingerprint density at radius 1 is 1.11 bits per heavy atom. The fourth-order valence-electron chi connectivity index (χ4n) is 4.04. The van der Waals surface area contributed by atoms with Gasteiger partial charge in [-0.1, -0.05) is 13.8 Å². The maximum absolute atomic E-state index is 13.3. The van der Waals surface area contributed by atoms with Crippen LogP contribution >= 0.6 is 0 Å². The largest absolute Gasteiger partial charge is 0.495 e. The molecule has 2 heterocycles. The van der Waals surface area contributed by atoms with Crippen molar-refractivity contribution in [3.63, 3.8) is 0 Å². The van der Waals surface area contributed by atoms with E-state index in [0.29, 0.717) is 31.7 Å². The molecule has 2 fully saturated rings. The van der Waals surface area contributed by atoms with Crippen molar-refractivity contribution in [2.45, 2.75) is 38.0 Å². The molecule has 0 spiro atoms. The lowest BCUT2D eigenvalue weighted by Gasteiger charge is -2.34. The van der Waals surface area contributed by atoms with Gasteiger partial charge < -0.3 is 4.74 Å². The van der Waals surface area contributed by atoms with Gasteiger partial charge in [-0.3, -0.25) is 4.31 Å². The summed E-state index contributed by atoms with van der Waals surface area (Å²) in [6, 6.07) is 4.60. The van der Waals surface area contributed by atoms with E-state index >= 15 is 0 Å². The van der Waals surface area contributed by atoms with E-state index in [-0.39, 0.29) is 28.2 Å². The van der Waals surface area contributed by atoms with Crippen molar-refractivity contribution in [1.29, 1.82) is 0 Å². The monoisotopic (exact) mass is 416 g/mol. The molecule has 2 saturated heterocycles. The molecule has 7 nitrogen and oxygen atoms in total. The fourth-order valence-corrected chi connectivity index (χ4v) is 7.53. The van der Waals surface area contributed by atoms with Crippen LogP contribution in [-0.4, -0.2) is 53.6 Å². The minimum atomic E-state index is -3.78. The summed E-state index contributed by atoms with van der Waals surface area (Å²) >= 11 is 0. The topological polar surface area (TPSA) is 84.0 Å². The van der Waals surface area contributed by atoms with Crippen LogP contribution in [0.3, 0.4) is 0 Å². The second kappa shape index (κ2) is 7.60. The van der Waals surface area contributed by atoms with Crippen LogP contribution in [0, 0.1) is 11.8 Å². The third kappa shape index (κ3) is 4.09. The van der Waals surface area contributed by atoms with Gasteiger partial charge in [0, 0.05) is 19.6 Å². The van der Waals surface area contributed by atoms with Crippen molar-refractivity contribution < 1.29 is 21.6 Å². The van der Waals surface area contributed by atoms with Gasteiger partial charge in [0.25, 0.3) is 0 Å². The standard InChI is InChI=1S/C18H28N2O5S2/c1-14-10-15(2)13-19(12-14)27(23,24)18-11-16(6-7-17(18)25-3)20-8-4-5-9-26(20,21)22/h6-7,11,14-15H,4-5,8-10,12-13H2,1-3H3/t14-,15+. The van der Waals surface area contributed by atoms with Crippen molar-refractivity contribution in [2.24, 2.45) is 11.8 Å². The molecule has 2 atom stereocenters. The minimum Gasteiger partial charge on any atom is -0.495 e. The molecular formula is C18H28N2O5S2. The lowest BCUT2D eigenvalue weighted by atomic mass is 9.94. The van der Waals surface area contributed by atoms with Crippen molar-refractivity contribution in [2.75, 3.05) is 36.8 Å². The number of sulfonamides is 2. The molecule has 2 aliphatic heterocycles. The Bertz CT molecular complexity index is 888. The lowest BCUT2D eigenvalue weighted by Crippen LogP contribution is -2.42. The Labute approximate surface area is 162 Å². The molecule has 0 aromatic heterocycles. The van der Waals surface area contributed by atoms with Crippen LogP contribution in [0.15, 0.2) is 23.1 Å². The number of nitrogens with zero attached hydrogens (tertiary/aromatic N) is 2. The smallest absolute Gasteiger partial charge is 0.246 e. The first-order chi connectivity index (χ1) is 12.6. The molecule has 9 heteroatoms. The Kier molecular flexibility index (Phi) is 5.74. The van der Waals surface area contributed by atoms with E-state index in [1.165, 1.54) is 21.8 Å². The number of rotatable bonds is 4. The lowest BCUT2D eigenvalue weighted by molar-refractivity contribution is 0.222. The van der Waals surface area contributed by atoms with E-state index in [0.717, 1.165) is 12.8 Å². The van der Waals surface area contributed by atoms with Crippen LogP contribution in [0.25, 0.3) is 0 Å². The molecule has 0 saturated carbocycles. The molecule has 0 aliphatic carbocycles. The van der Waals surface area contributed by atoms with Gasteiger partial charge in [-0.15, -0.1) is 0 Å². The second-order valence-electron chi connectivity index (χ2n) is 7.70. The number of ether oxygens (including phenoxy) is 1. The van der Waals surface area contributed by atoms with E-state index < -0.39 is 20.0 Å². The number of piperidine rings is 1. The Morgan fingerprint density at radius 3 is 2.37 bits per heavy atom.